The van der Waals surface area contributed by atoms with Gasteiger partial charge >= 0.3 is 18.2 Å². The Kier molecular flexibility index (Phi) is 24.2. The average Bonchev–Trinajstić information content (AvgIpc) is 3.49. The van der Waals surface area contributed by atoms with Crippen LogP contribution in [0.1, 0.15) is 97.1 Å². The summed E-state index contributed by atoms with van der Waals surface area (Å²) in [5.74, 6) is -2.96. The van der Waals surface area contributed by atoms with Crippen LogP contribution in [0.5, 0.6) is 5.75 Å². The highest BCUT2D eigenvalue weighted by Crippen LogP contribution is 2.49. The van der Waals surface area contributed by atoms with E-state index in [2.05, 4.69) is 59.7 Å². The third-order valence-corrected chi connectivity index (χ3v) is 15.7. The number of amides is 9. The third kappa shape index (κ3) is 18.1. The Hall–Kier alpha value is -6.73. The van der Waals surface area contributed by atoms with Gasteiger partial charge in [0.2, 0.25) is 29.5 Å². The summed E-state index contributed by atoms with van der Waals surface area (Å²) in [6, 6.07) is 5.27. The number of aryl methyl sites for hydroxylation is 1. The molecule has 2 fully saturated rings. The number of alkyl halides is 1. The number of carbonyl (C=O) groups is 8. The van der Waals surface area contributed by atoms with Crippen molar-refractivity contribution in [2.75, 3.05) is 55.2 Å². The molecule has 0 radical (unpaired) electrons. The number of hydrogen-bond acceptors (Lipinski definition) is 14. The van der Waals surface area contributed by atoms with Crippen molar-refractivity contribution in [2.24, 2.45) is 17.6 Å². The van der Waals surface area contributed by atoms with Crippen molar-refractivity contribution in [3.63, 3.8) is 0 Å². The number of benzene rings is 2. The van der Waals surface area contributed by atoms with E-state index in [0.29, 0.717) is 65.8 Å². The summed E-state index contributed by atoms with van der Waals surface area (Å²) in [6.45, 7) is 14.7. The van der Waals surface area contributed by atoms with Crippen LogP contribution in [0, 0.1) is 18.8 Å². The number of primary amides is 1. The minimum Gasteiger partial charge on any atom is -0.495 e. The smallest absolute Gasteiger partial charge is 0.412 e. The lowest BCUT2D eigenvalue weighted by atomic mass is 9.83. The number of carbonyl (C=O) groups excluding carboxylic acids is 8. The Labute approximate surface area is 492 Å². The van der Waals surface area contributed by atoms with E-state index >= 15 is 0 Å². The third-order valence-electron chi connectivity index (χ3n) is 14.6. The van der Waals surface area contributed by atoms with Crippen LogP contribution in [0.3, 0.4) is 0 Å². The van der Waals surface area contributed by atoms with Gasteiger partial charge in [-0.05, 0) is 100 Å². The molecule has 2 aromatic carbocycles. The van der Waals surface area contributed by atoms with Crippen molar-refractivity contribution >= 4 is 92.3 Å². The number of anilines is 3. The minimum absolute atomic E-state index is 0.0738. The molecule has 9 atom stereocenters. The monoisotopic (exact) mass is 1230 g/mol. The summed E-state index contributed by atoms with van der Waals surface area (Å²) in [5.41, 5.74) is 5.47. The first-order valence-electron chi connectivity index (χ1n) is 27.2. The first kappa shape index (κ1) is 66.1. The topological polar surface area (TPSA) is 320 Å². The van der Waals surface area contributed by atoms with E-state index in [1.807, 2.05) is 13.0 Å². The number of epoxide rings is 1. The summed E-state index contributed by atoms with van der Waals surface area (Å²) in [5, 5.41) is 31.3. The number of fused-ring (bicyclic) bond motifs is 5. The van der Waals surface area contributed by atoms with E-state index in [4.69, 9.17) is 41.0 Å². The fraction of sp³-hybridized carbons (Fsp3) is 0.544. The summed E-state index contributed by atoms with van der Waals surface area (Å²) >= 11 is 10.0. The van der Waals surface area contributed by atoms with Gasteiger partial charge in [0.05, 0.1) is 25.3 Å². The zero-order valence-electron chi connectivity index (χ0n) is 48.0. The maximum atomic E-state index is 14.4. The molecule has 3 aliphatic rings. The summed E-state index contributed by atoms with van der Waals surface area (Å²) in [6.07, 6.45) is 1.56. The number of allylic oxidation sites excluding steroid dienone is 3. The summed E-state index contributed by atoms with van der Waals surface area (Å²) in [4.78, 5) is 107. The van der Waals surface area contributed by atoms with E-state index in [1.54, 1.807) is 72.0 Å². The maximum absolute atomic E-state index is 14.4. The SMILES string of the molecule is C=C(CBr)C(=O)NCCCCCC(=O)N[C@H](C(=O)N[C@@H](CCCNC(N)=O)C(=O)Nc1ccc(NC(=O)O[C@H]2CC(=O)N(C)c3cc(cc(OC)c3Cl)C/C(C)=C/C=C/[C@@H](OC)[C@@]3(O)C[C@H](OC(=O)N3)[C@@H](C)[C@@H]3O[C@@]23C)c(C)c1)C(C)C. The van der Waals surface area contributed by atoms with Crippen molar-refractivity contribution in [1.29, 1.82) is 0 Å². The standard InChI is InChI=1S/C57H79BrClN9O14/c1-31(2)48(66-45(69)19-12-11-13-22-61-50(71)34(5)30-58)52(73)64-39(17-15-23-62-53(60)74)51(72)63-37-20-21-38(33(4)25-37)65-54(75)81-44-28-46(70)68(8)40-26-36(27-41(78-9)47(40)59)24-32(3)16-14-18-43(79-10)57(77)29-42(80-55(76)67-57)35(6)49-56(44,7)82-49/h14,16,18,20-21,25-27,31,35,39,42-44,48-49,77H,5,11-13,15,17,19,22-24,28-30H2,1-4,6-10H3,(H,61,71)(H,63,72)(H,64,73)(H,65,75)(H,66,69)(H,67,76)(H3,60,62,74)/b18-14+,32-16+/t35-,39+,42+,43-,44+,48+,49+,56+,57+/m1/s1. The minimum atomic E-state index is -1.90. The highest BCUT2D eigenvalue weighted by atomic mass is 79.9. The Morgan fingerprint density at radius 3 is 2.38 bits per heavy atom. The fourth-order valence-corrected chi connectivity index (χ4v) is 10.4. The van der Waals surface area contributed by atoms with Gasteiger partial charge in [0.15, 0.2) is 5.72 Å². The van der Waals surface area contributed by atoms with Gasteiger partial charge < -0.3 is 66.0 Å². The van der Waals surface area contributed by atoms with Gasteiger partial charge in [-0.1, -0.05) is 85.1 Å². The molecule has 2 saturated heterocycles. The number of urea groups is 1. The number of alkyl carbamates (subject to hydrolysis) is 1. The van der Waals surface area contributed by atoms with Crippen LogP contribution >= 0.6 is 27.5 Å². The van der Waals surface area contributed by atoms with Gasteiger partial charge in [-0.25, -0.2) is 14.4 Å². The molecule has 25 heteroatoms. The normalized spacial score (nSPS) is 24.3. The van der Waals surface area contributed by atoms with E-state index in [9.17, 15) is 43.5 Å². The molecule has 82 heavy (non-hydrogen) atoms. The predicted octanol–water partition coefficient (Wildman–Crippen LogP) is 6.32. The fourth-order valence-electron chi connectivity index (χ4n) is 9.79. The number of rotatable bonds is 22. The molecule has 2 aromatic rings. The van der Waals surface area contributed by atoms with E-state index in [0.717, 1.165) is 11.1 Å². The number of hydrogen-bond donors (Lipinski definition) is 9. The Bertz CT molecular complexity index is 2760. The molecule has 3 aliphatic heterocycles. The van der Waals surface area contributed by atoms with E-state index in [1.165, 1.54) is 31.3 Å². The maximum Gasteiger partial charge on any atom is 0.412 e. The molecule has 0 unspecified atom stereocenters. The zero-order chi connectivity index (χ0) is 60.6. The molecule has 450 valence electrons. The van der Waals surface area contributed by atoms with Crippen molar-refractivity contribution in [3.05, 3.63) is 82.4 Å². The van der Waals surface area contributed by atoms with Gasteiger partial charge in [0.1, 0.15) is 46.8 Å². The molecular weight excluding hydrogens is 1150 g/mol. The molecule has 0 spiro atoms. The van der Waals surface area contributed by atoms with Crippen molar-refractivity contribution < 1.29 is 67.1 Å². The Morgan fingerprint density at radius 2 is 1.72 bits per heavy atom. The van der Waals surface area contributed by atoms with Crippen molar-refractivity contribution in [3.8, 4) is 5.75 Å². The average molecular weight is 1230 g/mol. The number of nitrogens with zero attached hydrogens (tertiary/aromatic N) is 1. The number of nitrogens with two attached hydrogens (primary N) is 1. The van der Waals surface area contributed by atoms with Gasteiger partial charge in [0.25, 0.3) is 0 Å². The van der Waals surface area contributed by atoms with Crippen LogP contribution in [0.15, 0.2) is 66.3 Å². The number of halogens is 2. The molecular formula is C57H79BrClN9O14. The largest absolute Gasteiger partial charge is 0.495 e. The van der Waals surface area contributed by atoms with E-state index in [-0.39, 0.29) is 60.7 Å². The molecule has 0 saturated carbocycles. The summed E-state index contributed by atoms with van der Waals surface area (Å²) < 4.78 is 29.5. The quantitative estimate of drug-likeness (QED) is 0.0270. The van der Waals surface area contributed by atoms with Gasteiger partial charge in [-0.15, -0.1) is 0 Å². The lowest BCUT2D eigenvalue weighted by Gasteiger charge is -2.42. The van der Waals surface area contributed by atoms with Crippen LogP contribution in [-0.2, 0) is 49.3 Å². The first-order valence-corrected chi connectivity index (χ1v) is 28.7. The van der Waals surface area contributed by atoms with Crippen molar-refractivity contribution in [1.82, 2.24) is 26.6 Å². The Morgan fingerprint density at radius 1 is 1.00 bits per heavy atom. The number of nitrogens with one attached hydrogen (secondary N) is 7. The second-order valence-corrected chi connectivity index (χ2v) is 22.4. The Balaban J connectivity index is 1.32. The molecule has 0 aliphatic carbocycles. The predicted molar refractivity (Wildman–Crippen MR) is 312 cm³/mol. The number of methoxy groups -OCH3 is 2. The molecule has 5 rings (SSSR count). The second kappa shape index (κ2) is 30.0. The van der Waals surface area contributed by atoms with Crippen LogP contribution in [0.25, 0.3) is 0 Å². The van der Waals surface area contributed by atoms with Crippen LogP contribution in [0.4, 0.5) is 31.4 Å². The van der Waals surface area contributed by atoms with E-state index < -0.39 is 96.1 Å². The second-order valence-electron chi connectivity index (χ2n) is 21.4. The molecule has 10 N–H and O–H groups in total. The number of aliphatic hydroxyl groups is 1. The molecule has 23 nitrogen and oxygen atoms in total. The van der Waals surface area contributed by atoms with Gasteiger partial charge in [-0.3, -0.25) is 34.6 Å². The van der Waals surface area contributed by atoms with Crippen LogP contribution in [0.2, 0.25) is 5.02 Å². The van der Waals surface area contributed by atoms with Crippen LogP contribution in [-0.4, -0.2) is 140 Å². The zero-order valence-corrected chi connectivity index (χ0v) is 50.3. The number of ether oxygens (including phenoxy) is 5. The molecule has 3 heterocycles. The first-order chi connectivity index (χ1) is 38.7. The molecule has 4 bridgehead atoms. The lowest BCUT2D eigenvalue weighted by molar-refractivity contribution is -0.142. The van der Waals surface area contributed by atoms with Gasteiger partial charge in [0, 0.05) is 68.3 Å². The highest BCUT2D eigenvalue weighted by Gasteiger charge is 2.64. The molecule has 0 aromatic heterocycles. The highest BCUT2D eigenvalue weighted by molar-refractivity contribution is 9.09. The lowest BCUT2D eigenvalue weighted by Crippen LogP contribution is -2.63. The number of unbranched alkanes of at least 4 members (excludes halogenated alkanes) is 2. The van der Waals surface area contributed by atoms with Crippen molar-refractivity contribution in [2.45, 2.75) is 147 Å². The van der Waals surface area contributed by atoms with Gasteiger partial charge in [-0.2, -0.15) is 0 Å². The van der Waals surface area contributed by atoms with Crippen LogP contribution < -0.4 is 52.6 Å². The molecule has 9 amide bonds. The summed E-state index contributed by atoms with van der Waals surface area (Å²) in [7, 11) is 4.41.